The Morgan fingerprint density at radius 3 is 2.40 bits per heavy atom. The molecule has 0 aliphatic heterocycles. The summed E-state index contributed by atoms with van der Waals surface area (Å²) in [6, 6.07) is 0. The molecule has 0 rings (SSSR count). The Labute approximate surface area is 134 Å². The van der Waals surface area contributed by atoms with Crippen molar-refractivity contribution >= 4 is 29.9 Å². The first kappa shape index (κ1) is 22.0. The number of ether oxygens (including phenoxy) is 2. The maximum atomic E-state index is 12.0. The fraction of sp³-hybridized carbons (Fsp3) is 0.909. The quantitative estimate of drug-likeness (QED) is 0.262. The van der Waals surface area contributed by atoms with Crippen molar-refractivity contribution in [3.63, 3.8) is 0 Å². The van der Waals surface area contributed by atoms with E-state index in [1.54, 1.807) is 7.11 Å². The maximum Gasteiger partial charge on any atom is 0.390 e. The molecule has 0 aliphatic carbocycles. The summed E-state index contributed by atoms with van der Waals surface area (Å²) in [5, 5.41) is 5.75. The third kappa shape index (κ3) is 15.8. The molecule has 0 aromatic carbocycles. The Morgan fingerprint density at radius 2 is 1.85 bits per heavy atom. The Balaban J connectivity index is 0. The summed E-state index contributed by atoms with van der Waals surface area (Å²) in [5.74, 6) is 0.363. The van der Waals surface area contributed by atoms with Crippen LogP contribution in [0, 0.1) is 0 Å². The summed E-state index contributed by atoms with van der Waals surface area (Å²) in [6.45, 7) is 4.05. The molecule has 0 heterocycles. The Bertz CT molecular complexity index is 254. The molecular weight excluding hydrogens is 390 g/mol. The lowest BCUT2D eigenvalue weighted by molar-refractivity contribution is -0.132. The molecule has 0 fully saturated rings. The Hall–Kier alpha value is -0.290. The van der Waals surface area contributed by atoms with E-state index in [-0.39, 0.29) is 30.5 Å². The van der Waals surface area contributed by atoms with Crippen molar-refractivity contribution in [1.29, 1.82) is 0 Å². The highest BCUT2D eigenvalue weighted by Gasteiger charge is 2.26. The number of rotatable bonds is 9. The lowest BCUT2D eigenvalue weighted by Gasteiger charge is -2.11. The molecule has 0 bridgehead atoms. The fourth-order valence-corrected chi connectivity index (χ4v) is 1.12. The minimum Gasteiger partial charge on any atom is -0.382 e. The zero-order chi connectivity index (χ0) is 14.6. The van der Waals surface area contributed by atoms with E-state index in [9.17, 15) is 13.2 Å². The van der Waals surface area contributed by atoms with Gasteiger partial charge in [-0.25, -0.2) is 0 Å². The number of nitrogens with one attached hydrogen (secondary N) is 2. The summed E-state index contributed by atoms with van der Waals surface area (Å²) in [6.07, 6.45) is -5.10. The molecule has 0 spiro atoms. The van der Waals surface area contributed by atoms with Gasteiger partial charge in [-0.2, -0.15) is 13.2 Å². The van der Waals surface area contributed by atoms with Crippen LogP contribution in [0.25, 0.3) is 0 Å². The Morgan fingerprint density at radius 1 is 1.15 bits per heavy atom. The van der Waals surface area contributed by atoms with E-state index in [0.29, 0.717) is 38.9 Å². The minimum absolute atomic E-state index is 0. The van der Waals surface area contributed by atoms with Crippen molar-refractivity contribution < 1.29 is 22.6 Å². The average Bonchev–Trinajstić information content (AvgIpc) is 2.32. The molecule has 0 radical (unpaired) electrons. The van der Waals surface area contributed by atoms with Crippen LogP contribution in [0.5, 0.6) is 0 Å². The number of halogens is 4. The highest BCUT2D eigenvalue weighted by Crippen LogP contribution is 2.18. The largest absolute Gasteiger partial charge is 0.390 e. The molecule has 0 aliphatic rings. The molecule has 0 saturated heterocycles. The third-order valence-electron chi connectivity index (χ3n) is 1.98. The third-order valence-corrected chi connectivity index (χ3v) is 1.98. The summed E-state index contributed by atoms with van der Waals surface area (Å²) in [4.78, 5) is 3.83. The van der Waals surface area contributed by atoms with Crippen molar-refractivity contribution in [3.8, 4) is 0 Å². The number of hydrogen-bond acceptors (Lipinski definition) is 3. The van der Waals surface area contributed by atoms with E-state index in [4.69, 9.17) is 9.47 Å². The summed E-state index contributed by atoms with van der Waals surface area (Å²) in [5.41, 5.74) is 0. The van der Waals surface area contributed by atoms with Crippen LogP contribution in [0.3, 0.4) is 0 Å². The van der Waals surface area contributed by atoms with E-state index in [2.05, 4.69) is 15.6 Å². The number of hydrogen-bond donors (Lipinski definition) is 2. The van der Waals surface area contributed by atoms with E-state index in [1.807, 2.05) is 6.92 Å². The van der Waals surface area contributed by atoms with Gasteiger partial charge < -0.3 is 20.1 Å². The normalized spacial score (nSPS) is 11.9. The van der Waals surface area contributed by atoms with Crippen LogP contribution in [0.4, 0.5) is 13.2 Å². The molecule has 0 unspecified atom stereocenters. The molecule has 9 heteroatoms. The topological polar surface area (TPSA) is 54.9 Å². The number of aliphatic imine (C=N–C) groups is 1. The summed E-state index contributed by atoms with van der Waals surface area (Å²) >= 11 is 0. The first-order chi connectivity index (χ1) is 8.99. The van der Waals surface area contributed by atoms with E-state index in [1.165, 1.54) is 0 Å². The van der Waals surface area contributed by atoms with Crippen LogP contribution in [0.15, 0.2) is 4.99 Å². The molecule has 0 aromatic heterocycles. The van der Waals surface area contributed by atoms with Gasteiger partial charge in [0.25, 0.3) is 0 Å². The van der Waals surface area contributed by atoms with Gasteiger partial charge in [-0.3, -0.25) is 4.99 Å². The second-order valence-corrected chi connectivity index (χ2v) is 3.66. The highest BCUT2D eigenvalue weighted by atomic mass is 127. The lowest BCUT2D eigenvalue weighted by atomic mass is 10.4. The monoisotopic (exact) mass is 413 g/mol. The fourth-order valence-electron chi connectivity index (χ4n) is 1.12. The SMILES string of the molecule is CCNC(=NCCC(F)(F)F)NCCOCCOC.I. The van der Waals surface area contributed by atoms with Crippen LogP contribution in [-0.4, -0.2) is 58.7 Å². The molecule has 0 aromatic rings. The average molecular weight is 413 g/mol. The van der Waals surface area contributed by atoms with Crippen molar-refractivity contribution in [3.05, 3.63) is 0 Å². The number of guanidine groups is 1. The molecule has 0 atom stereocenters. The smallest absolute Gasteiger partial charge is 0.382 e. The lowest BCUT2D eigenvalue weighted by Crippen LogP contribution is -2.39. The second kappa shape index (κ2) is 13.7. The van der Waals surface area contributed by atoms with Gasteiger partial charge in [0.1, 0.15) is 0 Å². The molecular formula is C11H23F3IN3O2. The molecule has 122 valence electrons. The van der Waals surface area contributed by atoms with Crippen molar-refractivity contribution in [2.45, 2.75) is 19.5 Å². The predicted molar refractivity (Wildman–Crippen MR) is 82.8 cm³/mol. The van der Waals surface area contributed by atoms with E-state index >= 15 is 0 Å². The number of methoxy groups -OCH3 is 1. The zero-order valence-electron chi connectivity index (χ0n) is 11.8. The zero-order valence-corrected chi connectivity index (χ0v) is 14.1. The van der Waals surface area contributed by atoms with Crippen LogP contribution in [-0.2, 0) is 9.47 Å². The van der Waals surface area contributed by atoms with Gasteiger partial charge in [0.15, 0.2) is 5.96 Å². The van der Waals surface area contributed by atoms with Crippen molar-refractivity contribution in [1.82, 2.24) is 10.6 Å². The molecule has 0 amide bonds. The van der Waals surface area contributed by atoms with Gasteiger partial charge in [-0.1, -0.05) is 0 Å². The van der Waals surface area contributed by atoms with Crippen LogP contribution < -0.4 is 10.6 Å². The minimum atomic E-state index is -4.18. The van der Waals surface area contributed by atoms with Crippen LogP contribution in [0.1, 0.15) is 13.3 Å². The van der Waals surface area contributed by atoms with E-state index < -0.39 is 12.6 Å². The van der Waals surface area contributed by atoms with Crippen LogP contribution in [0.2, 0.25) is 0 Å². The second-order valence-electron chi connectivity index (χ2n) is 3.66. The number of alkyl halides is 3. The predicted octanol–water partition coefficient (Wildman–Crippen LogP) is 1.77. The first-order valence-electron chi connectivity index (χ1n) is 6.15. The van der Waals surface area contributed by atoms with Crippen molar-refractivity contribution in [2.24, 2.45) is 4.99 Å². The Kier molecular flexibility index (Phi) is 15.0. The molecule has 5 nitrogen and oxygen atoms in total. The summed E-state index contributed by atoms with van der Waals surface area (Å²) in [7, 11) is 1.58. The van der Waals surface area contributed by atoms with Crippen molar-refractivity contribution in [2.75, 3.05) is 46.6 Å². The summed E-state index contributed by atoms with van der Waals surface area (Å²) < 4.78 is 45.9. The molecule has 2 N–H and O–H groups in total. The van der Waals surface area contributed by atoms with E-state index in [0.717, 1.165) is 0 Å². The van der Waals surface area contributed by atoms with Gasteiger partial charge in [0.2, 0.25) is 0 Å². The van der Waals surface area contributed by atoms with Gasteiger partial charge in [0, 0.05) is 20.2 Å². The highest BCUT2D eigenvalue weighted by molar-refractivity contribution is 14.0. The standard InChI is InChI=1S/C11H22F3N3O2.HI/c1-3-15-10(16-5-4-11(12,13)14)17-6-7-19-9-8-18-2;/h3-9H2,1-2H3,(H2,15,16,17);1H. The molecule has 0 saturated carbocycles. The van der Waals surface area contributed by atoms with Crippen LogP contribution >= 0.6 is 24.0 Å². The van der Waals surface area contributed by atoms with Gasteiger partial charge >= 0.3 is 6.18 Å². The maximum absolute atomic E-state index is 12.0. The first-order valence-corrected chi connectivity index (χ1v) is 6.15. The molecule has 20 heavy (non-hydrogen) atoms. The van der Waals surface area contributed by atoms with Gasteiger partial charge in [-0.15, -0.1) is 24.0 Å². The number of nitrogens with zero attached hydrogens (tertiary/aromatic N) is 1. The van der Waals surface area contributed by atoms with Gasteiger partial charge in [-0.05, 0) is 6.92 Å². The van der Waals surface area contributed by atoms with Gasteiger partial charge in [0.05, 0.1) is 32.8 Å².